The van der Waals surface area contributed by atoms with Gasteiger partial charge in [-0.25, -0.2) is 9.18 Å². The number of aliphatic hydroxyl groups is 1. The summed E-state index contributed by atoms with van der Waals surface area (Å²) >= 11 is 0. The van der Waals surface area contributed by atoms with Gasteiger partial charge in [0, 0.05) is 33.7 Å². The largest absolute Gasteiger partial charge is 0.392 e. The Morgan fingerprint density at radius 1 is 1.03 bits per heavy atom. The van der Waals surface area contributed by atoms with Crippen LogP contribution in [0.25, 0.3) is 0 Å². The molecule has 3 N–H and O–H groups in total. The number of H-pyrrole nitrogens is 1. The van der Waals surface area contributed by atoms with Crippen molar-refractivity contribution < 1.29 is 9.50 Å². The number of aromatic nitrogens is 2. The van der Waals surface area contributed by atoms with Crippen molar-refractivity contribution in [2.45, 2.75) is 64.0 Å². The predicted octanol–water partition coefficient (Wildman–Crippen LogP) is 2.70. The molecule has 0 radical (unpaired) electrons. The minimum absolute atomic E-state index is 0.236. The van der Waals surface area contributed by atoms with Crippen LogP contribution in [0.3, 0.4) is 0 Å². The highest BCUT2D eigenvalue weighted by atomic mass is 19.1. The zero-order chi connectivity index (χ0) is 24.5. The molecule has 0 saturated carbocycles. The van der Waals surface area contributed by atoms with Gasteiger partial charge in [-0.05, 0) is 30.5 Å². The van der Waals surface area contributed by atoms with Crippen molar-refractivity contribution in [3.8, 4) is 0 Å². The maximum absolute atomic E-state index is 12.9. The zero-order valence-corrected chi connectivity index (χ0v) is 20.4. The van der Waals surface area contributed by atoms with E-state index in [-0.39, 0.29) is 23.2 Å². The molecule has 0 bridgehead atoms. The second-order valence-electron chi connectivity index (χ2n) is 9.27. The number of unbranched alkanes of at least 4 members (excludes halogenated alkanes) is 6. The molecule has 1 aliphatic rings. The van der Waals surface area contributed by atoms with Gasteiger partial charge < -0.3 is 20.2 Å². The van der Waals surface area contributed by atoms with Gasteiger partial charge in [0.15, 0.2) is 0 Å². The Bertz CT molecular complexity index is 1020. The van der Waals surface area contributed by atoms with E-state index < -0.39 is 0 Å². The highest BCUT2D eigenvalue weighted by Crippen LogP contribution is 2.29. The fraction of sp³-hybridized carbons (Fsp3) is 0.600. The van der Waals surface area contributed by atoms with E-state index in [1.165, 1.54) is 23.1 Å². The summed E-state index contributed by atoms with van der Waals surface area (Å²) in [4.78, 5) is 30.5. The number of aliphatic hydroxyl groups excluding tert-OH is 1. The van der Waals surface area contributed by atoms with Crippen LogP contribution in [0.2, 0.25) is 0 Å². The number of benzene rings is 1. The highest BCUT2D eigenvalue weighted by molar-refractivity contribution is 5.71. The van der Waals surface area contributed by atoms with Crippen molar-refractivity contribution in [1.82, 2.24) is 14.9 Å². The first-order valence-corrected chi connectivity index (χ1v) is 12.3. The maximum atomic E-state index is 12.9. The third-order valence-corrected chi connectivity index (χ3v) is 6.42. The molecule has 0 spiro atoms. The van der Waals surface area contributed by atoms with Crippen LogP contribution in [-0.2, 0) is 13.6 Å². The van der Waals surface area contributed by atoms with E-state index in [1.54, 1.807) is 19.2 Å². The molecule has 0 aliphatic carbocycles. The van der Waals surface area contributed by atoms with E-state index >= 15 is 0 Å². The van der Waals surface area contributed by atoms with Gasteiger partial charge in [-0.3, -0.25) is 14.3 Å². The standard InChI is InChI=1S/C25H38FN5O3/c1-29-18-31(24-22(29)23(33)28-25(34)30(24)2)15-9-7-5-3-4-6-8-10-21(32)17-27-16-19-11-13-20(26)14-12-19/h11-14,21,27,32H,3-10,15-18H2,1-2H3,(H,28,33,34). The van der Waals surface area contributed by atoms with Gasteiger partial charge in [-0.15, -0.1) is 0 Å². The molecule has 0 amide bonds. The first kappa shape index (κ1) is 26.0. The molecule has 8 nitrogen and oxygen atoms in total. The number of anilines is 2. The fourth-order valence-electron chi connectivity index (χ4n) is 4.53. The van der Waals surface area contributed by atoms with Crippen LogP contribution in [0, 0.1) is 5.82 Å². The topological polar surface area (TPSA) is 93.6 Å². The molecule has 2 heterocycles. The quantitative estimate of drug-likeness (QED) is 0.364. The van der Waals surface area contributed by atoms with E-state index in [0.29, 0.717) is 31.3 Å². The number of halogens is 1. The molecule has 3 rings (SSSR count). The van der Waals surface area contributed by atoms with Crippen molar-refractivity contribution in [3.63, 3.8) is 0 Å². The number of nitrogens with one attached hydrogen (secondary N) is 2. The third-order valence-electron chi connectivity index (χ3n) is 6.42. The lowest BCUT2D eigenvalue weighted by molar-refractivity contribution is 0.157. The lowest BCUT2D eigenvalue weighted by Gasteiger charge is -2.20. The Morgan fingerprint density at radius 3 is 2.38 bits per heavy atom. The molecule has 1 aromatic heterocycles. The van der Waals surface area contributed by atoms with E-state index in [4.69, 9.17) is 0 Å². The molecule has 1 aliphatic heterocycles. The number of rotatable bonds is 14. The zero-order valence-electron chi connectivity index (χ0n) is 20.4. The second-order valence-corrected chi connectivity index (χ2v) is 9.27. The third kappa shape index (κ3) is 7.17. The maximum Gasteiger partial charge on any atom is 0.329 e. The van der Waals surface area contributed by atoms with Crippen LogP contribution < -0.4 is 26.4 Å². The van der Waals surface area contributed by atoms with Crippen LogP contribution in [0.5, 0.6) is 0 Å². The second kappa shape index (κ2) is 12.7. The van der Waals surface area contributed by atoms with Crippen LogP contribution in [-0.4, -0.2) is 47.6 Å². The molecule has 188 valence electrons. The lowest BCUT2D eigenvalue weighted by Crippen LogP contribution is -2.32. The van der Waals surface area contributed by atoms with Crippen molar-refractivity contribution in [2.24, 2.45) is 7.05 Å². The minimum atomic E-state index is -0.377. The van der Waals surface area contributed by atoms with Crippen LogP contribution in [0.4, 0.5) is 15.9 Å². The van der Waals surface area contributed by atoms with E-state index in [9.17, 15) is 19.1 Å². The van der Waals surface area contributed by atoms with Crippen molar-refractivity contribution in [3.05, 3.63) is 56.5 Å². The van der Waals surface area contributed by atoms with Crippen molar-refractivity contribution in [2.75, 3.05) is 36.6 Å². The van der Waals surface area contributed by atoms with Gasteiger partial charge in [0.05, 0.1) is 12.8 Å². The molecule has 0 saturated heterocycles. The fourth-order valence-corrected chi connectivity index (χ4v) is 4.53. The summed E-state index contributed by atoms with van der Waals surface area (Å²) in [5.74, 6) is 0.474. The number of hydrogen-bond acceptors (Lipinski definition) is 6. The summed E-state index contributed by atoms with van der Waals surface area (Å²) in [6.07, 6.45) is 8.19. The smallest absolute Gasteiger partial charge is 0.329 e. The van der Waals surface area contributed by atoms with Gasteiger partial charge in [-0.1, -0.05) is 50.7 Å². The summed E-state index contributed by atoms with van der Waals surface area (Å²) in [5, 5.41) is 13.3. The molecule has 1 aromatic carbocycles. The Labute approximate surface area is 200 Å². The van der Waals surface area contributed by atoms with Crippen molar-refractivity contribution in [1.29, 1.82) is 0 Å². The summed E-state index contributed by atoms with van der Waals surface area (Å²) < 4.78 is 14.4. The Morgan fingerprint density at radius 2 is 1.68 bits per heavy atom. The van der Waals surface area contributed by atoms with Gasteiger partial charge in [0.2, 0.25) is 0 Å². The average Bonchev–Trinajstić information content (AvgIpc) is 3.14. The molecule has 1 atom stereocenters. The van der Waals surface area contributed by atoms with Crippen molar-refractivity contribution >= 4 is 11.5 Å². The molecular formula is C25H38FN5O3. The molecule has 0 fully saturated rings. The molecule has 1 unspecified atom stereocenters. The number of nitrogens with zero attached hydrogens (tertiary/aromatic N) is 3. The SMILES string of the molecule is CN1CN(CCCCCCCCCC(O)CNCc2ccc(F)cc2)c2c1c(=O)[nH]c(=O)n2C. The lowest BCUT2D eigenvalue weighted by atomic mass is 10.1. The van der Waals surface area contributed by atoms with Gasteiger partial charge in [-0.2, -0.15) is 0 Å². The summed E-state index contributed by atoms with van der Waals surface area (Å²) in [6, 6.07) is 6.40. The number of fused-ring (bicyclic) bond motifs is 1. The normalized spacial score (nSPS) is 14.0. The summed E-state index contributed by atoms with van der Waals surface area (Å²) in [6.45, 7) is 2.62. The first-order valence-electron chi connectivity index (χ1n) is 12.3. The number of aromatic amines is 1. The van der Waals surface area contributed by atoms with Gasteiger partial charge >= 0.3 is 5.69 Å². The highest BCUT2D eigenvalue weighted by Gasteiger charge is 2.28. The first-order chi connectivity index (χ1) is 16.4. The summed E-state index contributed by atoms with van der Waals surface area (Å²) in [5.41, 5.74) is 0.872. The number of hydrogen-bond donors (Lipinski definition) is 3. The Balaban J connectivity index is 1.22. The monoisotopic (exact) mass is 475 g/mol. The predicted molar refractivity (Wildman–Crippen MR) is 134 cm³/mol. The van der Waals surface area contributed by atoms with E-state index in [0.717, 1.165) is 57.1 Å². The molecule has 34 heavy (non-hydrogen) atoms. The van der Waals surface area contributed by atoms with Crippen LogP contribution in [0.1, 0.15) is 56.9 Å². The average molecular weight is 476 g/mol. The molecule has 2 aromatic rings. The summed E-state index contributed by atoms with van der Waals surface area (Å²) in [7, 11) is 3.57. The van der Waals surface area contributed by atoms with Crippen LogP contribution in [0.15, 0.2) is 33.9 Å². The minimum Gasteiger partial charge on any atom is -0.392 e. The Kier molecular flexibility index (Phi) is 9.71. The van der Waals surface area contributed by atoms with Crippen LogP contribution >= 0.6 is 0 Å². The van der Waals surface area contributed by atoms with E-state index in [2.05, 4.69) is 15.2 Å². The molecule has 9 heteroatoms. The van der Waals surface area contributed by atoms with Gasteiger partial charge in [0.25, 0.3) is 5.56 Å². The Hall–Kier alpha value is -2.65. The van der Waals surface area contributed by atoms with E-state index in [1.807, 2.05) is 11.9 Å². The van der Waals surface area contributed by atoms with Gasteiger partial charge in [0.1, 0.15) is 17.3 Å². The molecular weight excluding hydrogens is 437 g/mol.